The molecule has 1 unspecified atom stereocenters. The third kappa shape index (κ3) is 5.84. The molecule has 0 spiro atoms. The van der Waals surface area contributed by atoms with E-state index in [0.717, 1.165) is 13.1 Å². The molecule has 2 atom stereocenters. The summed E-state index contributed by atoms with van der Waals surface area (Å²) in [5.74, 6) is -1.49. The highest BCUT2D eigenvalue weighted by Crippen LogP contribution is 2.20. The van der Waals surface area contributed by atoms with Crippen molar-refractivity contribution < 1.29 is 9.53 Å². The minimum atomic E-state index is -0.942. The number of esters is 1. The van der Waals surface area contributed by atoms with Gasteiger partial charge in [0.1, 0.15) is 0 Å². The number of nitriles is 1. The summed E-state index contributed by atoms with van der Waals surface area (Å²) in [5, 5.41) is 9.05. The Morgan fingerprint density at radius 3 is 2.48 bits per heavy atom. The maximum absolute atomic E-state index is 11.6. The summed E-state index contributed by atoms with van der Waals surface area (Å²) in [6, 6.07) is 12.2. The van der Waals surface area contributed by atoms with Crippen LogP contribution in [0.2, 0.25) is 0 Å². The second kappa shape index (κ2) is 10.5. The van der Waals surface area contributed by atoms with Crippen molar-refractivity contribution in [1.82, 2.24) is 4.90 Å². The van der Waals surface area contributed by atoms with Gasteiger partial charge in [0.2, 0.25) is 0 Å². The van der Waals surface area contributed by atoms with Crippen molar-refractivity contribution in [2.75, 3.05) is 26.2 Å². The van der Waals surface area contributed by atoms with Crippen LogP contribution in [0.1, 0.15) is 32.4 Å². The monoisotopic (exact) mass is 315 g/mol. The average molecular weight is 315 g/mol. The van der Waals surface area contributed by atoms with E-state index in [9.17, 15) is 4.79 Å². The van der Waals surface area contributed by atoms with E-state index in [4.69, 9.17) is 10.00 Å². The van der Waals surface area contributed by atoms with Gasteiger partial charge in [-0.15, -0.1) is 0 Å². The van der Waals surface area contributed by atoms with Crippen LogP contribution in [0, 0.1) is 17.2 Å². The molecule has 0 fully saturated rings. The van der Waals surface area contributed by atoms with Crippen molar-refractivity contribution in [3.8, 4) is 6.07 Å². The highest BCUT2D eigenvalue weighted by molar-refractivity contribution is 5.92. The number of ether oxygens (including phenoxy) is 1. The quantitative estimate of drug-likeness (QED) is 0.519. The largest absolute Gasteiger partial charge is 0.465 e. The molecule has 124 valence electrons. The molecule has 5 nitrogen and oxygen atoms in total. The number of nitrogens with zero attached hydrogens (tertiary/aromatic N) is 3. The third-order valence-corrected chi connectivity index (χ3v) is 3.65. The smallest absolute Gasteiger partial charge is 0.328 e. The van der Waals surface area contributed by atoms with Crippen molar-refractivity contribution in [3.63, 3.8) is 0 Å². The van der Waals surface area contributed by atoms with Gasteiger partial charge in [-0.05, 0) is 25.6 Å². The molecule has 0 saturated heterocycles. The third-order valence-electron chi connectivity index (χ3n) is 3.65. The topological polar surface area (TPSA) is 65.7 Å². The van der Waals surface area contributed by atoms with E-state index in [1.165, 1.54) is 11.8 Å². The first-order valence-electron chi connectivity index (χ1n) is 8.03. The highest BCUT2D eigenvalue weighted by Gasteiger charge is 2.19. The number of hydrogen-bond donors (Lipinski definition) is 0. The Labute approximate surface area is 138 Å². The molecule has 1 aromatic carbocycles. The molecule has 0 heterocycles. The summed E-state index contributed by atoms with van der Waals surface area (Å²) in [5.41, 5.74) is 1.18. The number of rotatable bonds is 9. The van der Waals surface area contributed by atoms with Gasteiger partial charge in [-0.1, -0.05) is 44.2 Å². The van der Waals surface area contributed by atoms with Crippen LogP contribution >= 0.6 is 0 Å². The summed E-state index contributed by atoms with van der Waals surface area (Å²) >= 11 is 0. The molecule has 23 heavy (non-hydrogen) atoms. The molecule has 0 aliphatic rings. The van der Waals surface area contributed by atoms with Crippen molar-refractivity contribution in [2.24, 2.45) is 10.9 Å². The van der Waals surface area contributed by atoms with Gasteiger partial charge < -0.3 is 4.74 Å². The standard InChI is InChI=1S/C18H25N3O2/c1-4-21(5-2)17(15-10-8-7-9-11-15)14-20-13-16(12-19)18(22)23-6-3/h7-11,13,16-17H,4-6,14H2,1-3H3/t16?,17-/m0/s1. The van der Waals surface area contributed by atoms with Gasteiger partial charge in [-0.2, -0.15) is 5.26 Å². The first-order valence-corrected chi connectivity index (χ1v) is 8.03. The lowest BCUT2D eigenvalue weighted by Crippen LogP contribution is -2.30. The lowest BCUT2D eigenvalue weighted by atomic mass is 10.1. The molecular weight excluding hydrogens is 290 g/mol. The van der Waals surface area contributed by atoms with Crippen LogP contribution in [0.3, 0.4) is 0 Å². The first kappa shape index (κ1) is 18.9. The number of carbonyl (C=O) groups is 1. The molecule has 0 radical (unpaired) electrons. The van der Waals surface area contributed by atoms with Gasteiger partial charge in [0.05, 0.1) is 25.3 Å². The summed E-state index contributed by atoms with van der Waals surface area (Å²) in [6.07, 6.45) is 1.40. The Kier molecular flexibility index (Phi) is 8.63. The zero-order valence-electron chi connectivity index (χ0n) is 14.1. The molecule has 0 amide bonds. The molecule has 0 bridgehead atoms. The van der Waals surface area contributed by atoms with E-state index in [1.807, 2.05) is 24.3 Å². The van der Waals surface area contributed by atoms with Gasteiger partial charge in [-0.3, -0.25) is 14.7 Å². The molecule has 0 aliphatic carbocycles. The predicted molar refractivity (Wildman–Crippen MR) is 91.2 cm³/mol. The SMILES string of the molecule is CCOC(=O)C(C#N)C=NC[C@@H](c1ccccc1)N(CC)CC. The van der Waals surface area contributed by atoms with Crippen LogP contribution in [-0.4, -0.2) is 43.3 Å². The van der Waals surface area contributed by atoms with Crippen LogP contribution in [0.25, 0.3) is 0 Å². The van der Waals surface area contributed by atoms with Crippen LogP contribution < -0.4 is 0 Å². The van der Waals surface area contributed by atoms with Gasteiger partial charge >= 0.3 is 5.97 Å². The summed E-state index contributed by atoms with van der Waals surface area (Å²) in [7, 11) is 0. The number of hydrogen-bond acceptors (Lipinski definition) is 5. The Morgan fingerprint density at radius 1 is 1.30 bits per heavy atom. The van der Waals surface area contributed by atoms with Gasteiger partial charge in [0.25, 0.3) is 0 Å². The van der Waals surface area contributed by atoms with Crippen molar-refractivity contribution >= 4 is 12.2 Å². The molecule has 1 aromatic rings. The van der Waals surface area contributed by atoms with Crippen LogP contribution in [0.15, 0.2) is 35.3 Å². The van der Waals surface area contributed by atoms with Crippen LogP contribution in [0.4, 0.5) is 0 Å². The Balaban J connectivity index is 2.84. The average Bonchev–Trinajstić information content (AvgIpc) is 2.59. The lowest BCUT2D eigenvalue weighted by molar-refractivity contribution is -0.143. The number of likely N-dealkylation sites (N-methyl/N-ethyl adjacent to an activating group) is 1. The maximum Gasteiger partial charge on any atom is 0.328 e. The van der Waals surface area contributed by atoms with Crippen molar-refractivity contribution in [3.05, 3.63) is 35.9 Å². The number of aliphatic imine (C=N–C) groups is 1. The van der Waals surface area contributed by atoms with E-state index in [2.05, 4.69) is 35.9 Å². The van der Waals surface area contributed by atoms with Gasteiger partial charge in [-0.25, -0.2) is 0 Å². The minimum absolute atomic E-state index is 0.129. The van der Waals surface area contributed by atoms with E-state index < -0.39 is 11.9 Å². The first-order chi connectivity index (χ1) is 11.2. The van der Waals surface area contributed by atoms with Gasteiger partial charge in [0, 0.05) is 6.21 Å². The van der Waals surface area contributed by atoms with Crippen molar-refractivity contribution in [2.45, 2.75) is 26.8 Å². The molecule has 0 N–H and O–H groups in total. The fourth-order valence-electron chi connectivity index (χ4n) is 2.42. The maximum atomic E-state index is 11.6. The van der Waals surface area contributed by atoms with Crippen molar-refractivity contribution in [1.29, 1.82) is 5.26 Å². The second-order valence-corrected chi connectivity index (χ2v) is 5.02. The fraction of sp³-hybridized carbons (Fsp3) is 0.500. The minimum Gasteiger partial charge on any atom is -0.465 e. The zero-order chi connectivity index (χ0) is 17.1. The highest BCUT2D eigenvalue weighted by atomic mass is 16.5. The van der Waals surface area contributed by atoms with Crippen LogP contribution in [0.5, 0.6) is 0 Å². The Morgan fingerprint density at radius 2 is 1.96 bits per heavy atom. The second-order valence-electron chi connectivity index (χ2n) is 5.02. The fourth-order valence-corrected chi connectivity index (χ4v) is 2.42. The molecule has 0 aliphatic heterocycles. The predicted octanol–water partition coefficient (Wildman–Crippen LogP) is 2.84. The zero-order valence-corrected chi connectivity index (χ0v) is 14.1. The van der Waals surface area contributed by atoms with Gasteiger partial charge in [0.15, 0.2) is 5.92 Å². The summed E-state index contributed by atoms with van der Waals surface area (Å²) in [4.78, 5) is 18.3. The molecular formula is C18H25N3O2. The van der Waals surface area contributed by atoms with E-state index in [1.54, 1.807) is 6.92 Å². The lowest BCUT2D eigenvalue weighted by Gasteiger charge is -2.28. The number of carbonyl (C=O) groups excluding carboxylic acids is 1. The van der Waals surface area contributed by atoms with E-state index in [0.29, 0.717) is 6.54 Å². The summed E-state index contributed by atoms with van der Waals surface area (Å²) in [6.45, 7) is 8.52. The molecule has 1 rings (SSSR count). The Hall–Kier alpha value is -2.19. The summed E-state index contributed by atoms with van der Waals surface area (Å²) < 4.78 is 4.86. The van der Waals surface area contributed by atoms with E-state index >= 15 is 0 Å². The van der Waals surface area contributed by atoms with Crippen LogP contribution in [-0.2, 0) is 9.53 Å². The molecule has 5 heteroatoms. The number of benzene rings is 1. The van der Waals surface area contributed by atoms with E-state index in [-0.39, 0.29) is 12.6 Å². The Bertz CT molecular complexity index is 533. The molecule has 0 aromatic heterocycles. The normalized spacial score (nSPS) is 13.7. The molecule has 0 saturated carbocycles.